The first kappa shape index (κ1) is 13.6. The minimum absolute atomic E-state index is 0.480. The molecule has 0 bridgehead atoms. The van der Waals surface area contributed by atoms with E-state index in [1.165, 1.54) is 0 Å². The summed E-state index contributed by atoms with van der Waals surface area (Å²) in [4.78, 5) is 11.8. The maximum atomic E-state index is 11.8. The van der Waals surface area contributed by atoms with Gasteiger partial charge in [-0.15, -0.1) is 0 Å². The zero-order valence-corrected chi connectivity index (χ0v) is 12.1. The highest BCUT2D eigenvalue weighted by atomic mass is 35.5. The van der Waals surface area contributed by atoms with Gasteiger partial charge >= 0.3 is 5.97 Å². The van der Waals surface area contributed by atoms with E-state index in [9.17, 15) is 9.90 Å². The molecule has 1 fully saturated rings. The van der Waals surface area contributed by atoms with E-state index in [0.717, 1.165) is 18.4 Å². The molecule has 1 aliphatic carbocycles. The van der Waals surface area contributed by atoms with E-state index in [0.29, 0.717) is 48.1 Å². The minimum Gasteiger partial charge on any atom is -0.486 e. The van der Waals surface area contributed by atoms with Crippen molar-refractivity contribution in [2.75, 3.05) is 13.2 Å². The number of ether oxygens (including phenoxy) is 2. The molecule has 0 atom stereocenters. The van der Waals surface area contributed by atoms with Crippen molar-refractivity contribution in [2.24, 2.45) is 0 Å². The summed E-state index contributed by atoms with van der Waals surface area (Å²) >= 11 is 6.44. The first-order valence-electron chi connectivity index (χ1n) is 6.89. The van der Waals surface area contributed by atoms with Gasteiger partial charge in [-0.1, -0.05) is 24.4 Å². The Morgan fingerprint density at radius 1 is 1.30 bits per heavy atom. The molecule has 3 rings (SSSR count). The highest BCUT2D eigenvalue weighted by Gasteiger charge is 2.45. The molecule has 0 radical (unpaired) electrons. The van der Waals surface area contributed by atoms with Gasteiger partial charge in [0.05, 0.1) is 10.4 Å². The minimum atomic E-state index is -0.877. The summed E-state index contributed by atoms with van der Waals surface area (Å²) in [5, 5.41) is 10.2. The van der Waals surface area contributed by atoms with Crippen molar-refractivity contribution in [1.29, 1.82) is 0 Å². The molecular formula is C15H17ClO4. The van der Waals surface area contributed by atoms with E-state index >= 15 is 0 Å². The second-order valence-corrected chi connectivity index (χ2v) is 5.86. The van der Waals surface area contributed by atoms with Crippen LogP contribution in [0.3, 0.4) is 0 Å². The Labute approximate surface area is 122 Å². The van der Waals surface area contributed by atoms with E-state index in [-0.39, 0.29) is 0 Å². The summed E-state index contributed by atoms with van der Waals surface area (Å²) < 4.78 is 11.2. The molecule has 0 spiro atoms. The van der Waals surface area contributed by atoms with E-state index in [4.69, 9.17) is 21.1 Å². The molecule has 0 saturated heterocycles. The molecule has 1 N–H and O–H groups in total. The van der Waals surface area contributed by atoms with E-state index in [1.54, 1.807) is 6.07 Å². The standard InChI is InChI=1S/C15H17ClO4/c1-9-12(16)10(8-11-13(9)20-7-6-19-11)15(14(17)18)4-2-3-5-15/h8H,2-7H2,1H3,(H,17,18). The number of carboxylic acids is 1. The lowest BCUT2D eigenvalue weighted by Gasteiger charge is -2.29. The third kappa shape index (κ3) is 1.85. The molecule has 4 nitrogen and oxygen atoms in total. The normalized spacial score (nSPS) is 19.9. The van der Waals surface area contributed by atoms with Crippen molar-refractivity contribution in [3.8, 4) is 11.5 Å². The summed E-state index contributed by atoms with van der Waals surface area (Å²) in [6.07, 6.45) is 3.08. The van der Waals surface area contributed by atoms with Gasteiger partial charge in [0, 0.05) is 5.56 Å². The lowest BCUT2D eigenvalue weighted by molar-refractivity contribution is -0.143. The van der Waals surface area contributed by atoms with Crippen LogP contribution in [0.15, 0.2) is 6.07 Å². The van der Waals surface area contributed by atoms with Crippen molar-refractivity contribution < 1.29 is 19.4 Å². The summed E-state index contributed by atoms with van der Waals surface area (Å²) in [6.45, 7) is 2.82. The fourth-order valence-corrected chi connectivity index (χ4v) is 3.57. The van der Waals surface area contributed by atoms with E-state index in [1.807, 2.05) is 6.92 Å². The first-order chi connectivity index (χ1) is 9.56. The molecule has 1 aliphatic heterocycles. The number of fused-ring (bicyclic) bond motifs is 1. The van der Waals surface area contributed by atoms with Crippen LogP contribution >= 0.6 is 11.6 Å². The lowest BCUT2D eigenvalue weighted by atomic mass is 9.78. The van der Waals surface area contributed by atoms with Crippen LogP contribution < -0.4 is 9.47 Å². The van der Waals surface area contributed by atoms with Crippen LogP contribution in [0, 0.1) is 6.92 Å². The SMILES string of the molecule is Cc1c(Cl)c(C2(C(=O)O)CCCC2)cc2c1OCCO2. The molecule has 0 amide bonds. The van der Waals surface area contributed by atoms with Crippen molar-refractivity contribution in [1.82, 2.24) is 0 Å². The Morgan fingerprint density at radius 2 is 1.95 bits per heavy atom. The number of rotatable bonds is 2. The van der Waals surface area contributed by atoms with Crippen LogP contribution in [0.1, 0.15) is 36.8 Å². The Hall–Kier alpha value is -1.42. The number of hydrogen-bond donors (Lipinski definition) is 1. The van der Waals surface area contributed by atoms with Gasteiger partial charge in [-0.3, -0.25) is 4.79 Å². The maximum Gasteiger partial charge on any atom is 0.314 e. The Morgan fingerprint density at radius 3 is 2.60 bits per heavy atom. The summed E-state index contributed by atoms with van der Waals surface area (Å²) in [6, 6.07) is 1.77. The van der Waals surface area contributed by atoms with Crippen LogP contribution in [-0.4, -0.2) is 24.3 Å². The second-order valence-electron chi connectivity index (χ2n) is 5.48. The van der Waals surface area contributed by atoms with Crippen LogP contribution in [0.2, 0.25) is 5.02 Å². The molecular weight excluding hydrogens is 280 g/mol. The van der Waals surface area contributed by atoms with Crippen LogP contribution in [0.4, 0.5) is 0 Å². The third-order valence-corrected chi connectivity index (χ3v) is 4.86. The van der Waals surface area contributed by atoms with Gasteiger partial charge in [-0.25, -0.2) is 0 Å². The zero-order chi connectivity index (χ0) is 14.3. The number of carboxylic acid groups (broad SMARTS) is 1. The fraction of sp³-hybridized carbons (Fsp3) is 0.533. The number of benzene rings is 1. The van der Waals surface area contributed by atoms with Gasteiger partial charge in [0.2, 0.25) is 0 Å². The summed E-state index contributed by atoms with van der Waals surface area (Å²) in [5.41, 5.74) is 0.565. The predicted molar refractivity (Wildman–Crippen MR) is 75.0 cm³/mol. The van der Waals surface area contributed by atoms with Crippen LogP contribution in [-0.2, 0) is 10.2 Å². The number of halogens is 1. The Balaban J connectivity index is 2.18. The van der Waals surface area contributed by atoms with Crippen molar-refractivity contribution in [3.05, 3.63) is 22.2 Å². The van der Waals surface area contributed by atoms with Crippen LogP contribution in [0.25, 0.3) is 0 Å². The zero-order valence-electron chi connectivity index (χ0n) is 11.4. The van der Waals surface area contributed by atoms with Crippen molar-refractivity contribution >= 4 is 17.6 Å². The van der Waals surface area contributed by atoms with Crippen LogP contribution in [0.5, 0.6) is 11.5 Å². The Bertz CT molecular complexity index is 561. The number of aliphatic carboxylic acids is 1. The topological polar surface area (TPSA) is 55.8 Å². The Kier molecular flexibility index (Phi) is 3.28. The molecule has 1 heterocycles. The smallest absolute Gasteiger partial charge is 0.314 e. The third-order valence-electron chi connectivity index (χ3n) is 4.37. The van der Waals surface area contributed by atoms with E-state index < -0.39 is 11.4 Å². The van der Waals surface area contributed by atoms with Gasteiger partial charge in [0.1, 0.15) is 13.2 Å². The first-order valence-corrected chi connectivity index (χ1v) is 7.26. The summed E-state index contributed by atoms with van der Waals surface area (Å²) in [7, 11) is 0. The number of hydrogen-bond acceptors (Lipinski definition) is 3. The van der Waals surface area contributed by atoms with E-state index in [2.05, 4.69) is 0 Å². The highest BCUT2D eigenvalue weighted by Crippen LogP contribution is 2.49. The second kappa shape index (κ2) is 4.85. The van der Waals surface area contributed by atoms with Crippen molar-refractivity contribution in [2.45, 2.75) is 38.0 Å². The molecule has 20 heavy (non-hydrogen) atoms. The quantitative estimate of drug-likeness (QED) is 0.909. The molecule has 1 saturated carbocycles. The fourth-order valence-electron chi connectivity index (χ4n) is 3.25. The highest BCUT2D eigenvalue weighted by molar-refractivity contribution is 6.32. The van der Waals surface area contributed by atoms with Gasteiger partial charge in [-0.05, 0) is 31.4 Å². The molecule has 0 aromatic heterocycles. The van der Waals surface area contributed by atoms with Gasteiger partial charge in [0.25, 0.3) is 0 Å². The van der Waals surface area contributed by atoms with Crippen molar-refractivity contribution in [3.63, 3.8) is 0 Å². The van der Waals surface area contributed by atoms with Gasteiger partial charge < -0.3 is 14.6 Å². The summed E-state index contributed by atoms with van der Waals surface area (Å²) in [5.74, 6) is 0.456. The molecule has 108 valence electrons. The number of carbonyl (C=O) groups is 1. The molecule has 1 aromatic rings. The van der Waals surface area contributed by atoms with Gasteiger partial charge in [-0.2, -0.15) is 0 Å². The molecule has 5 heteroatoms. The average Bonchev–Trinajstić information content (AvgIpc) is 2.93. The molecule has 2 aliphatic rings. The maximum absolute atomic E-state index is 11.8. The average molecular weight is 297 g/mol. The van der Waals surface area contributed by atoms with Gasteiger partial charge in [0.15, 0.2) is 11.5 Å². The molecule has 1 aromatic carbocycles. The monoisotopic (exact) mass is 296 g/mol. The largest absolute Gasteiger partial charge is 0.486 e. The predicted octanol–water partition coefficient (Wildman–Crippen LogP) is 3.32. The lowest BCUT2D eigenvalue weighted by Crippen LogP contribution is -2.33. The molecule has 0 unspecified atom stereocenters.